The minimum Gasteiger partial charge on any atom is -0.459 e. The number of hydrogen-bond acceptors (Lipinski definition) is 3. The Bertz CT molecular complexity index is 674. The molecule has 2 heterocycles. The molecule has 90 valence electrons. The van der Waals surface area contributed by atoms with Crippen molar-refractivity contribution in [1.82, 2.24) is 4.98 Å². The molecule has 18 heavy (non-hydrogen) atoms. The van der Waals surface area contributed by atoms with Gasteiger partial charge in [-0.3, -0.25) is 0 Å². The quantitative estimate of drug-likeness (QED) is 0.669. The lowest BCUT2D eigenvalue weighted by atomic mass is 10.2. The summed E-state index contributed by atoms with van der Waals surface area (Å²) < 4.78 is 10.6. The number of hydrogen-bond donors (Lipinski definition) is 0. The molecule has 0 N–H and O–H groups in total. The SMILES string of the molecule is Clc1ccc(-c2coc(-c3ccco3)n2)c(Cl)c1. The van der Waals surface area contributed by atoms with Crippen LogP contribution in [0, 0.1) is 0 Å². The molecule has 0 unspecified atom stereocenters. The number of nitrogens with zero attached hydrogens (tertiary/aromatic N) is 1. The van der Waals surface area contributed by atoms with Gasteiger partial charge >= 0.3 is 0 Å². The van der Waals surface area contributed by atoms with E-state index in [1.54, 1.807) is 36.6 Å². The van der Waals surface area contributed by atoms with E-state index in [0.717, 1.165) is 5.56 Å². The van der Waals surface area contributed by atoms with Crippen LogP contribution in [0.25, 0.3) is 22.9 Å². The third kappa shape index (κ3) is 2.03. The van der Waals surface area contributed by atoms with Crippen LogP contribution in [0.3, 0.4) is 0 Å². The maximum absolute atomic E-state index is 6.11. The predicted molar refractivity (Wildman–Crippen MR) is 69.7 cm³/mol. The molecule has 0 aliphatic rings. The molecule has 0 radical (unpaired) electrons. The van der Waals surface area contributed by atoms with Gasteiger partial charge in [0.25, 0.3) is 5.89 Å². The van der Waals surface area contributed by atoms with E-state index in [4.69, 9.17) is 32.0 Å². The van der Waals surface area contributed by atoms with Crippen molar-refractivity contribution in [3.05, 3.63) is 52.9 Å². The number of rotatable bonds is 2. The van der Waals surface area contributed by atoms with Crippen LogP contribution in [0.15, 0.2) is 51.7 Å². The van der Waals surface area contributed by atoms with Gasteiger partial charge in [0.05, 0.1) is 11.3 Å². The summed E-state index contributed by atoms with van der Waals surface area (Å²) in [7, 11) is 0. The first-order valence-electron chi connectivity index (χ1n) is 5.19. The van der Waals surface area contributed by atoms with E-state index in [1.807, 2.05) is 0 Å². The first-order chi connectivity index (χ1) is 8.74. The van der Waals surface area contributed by atoms with Crippen LogP contribution < -0.4 is 0 Å². The van der Waals surface area contributed by atoms with E-state index < -0.39 is 0 Å². The molecule has 0 aliphatic heterocycles. The van der Waals surface area contributed by atoms with Gasteiger partial charge in [0.15, 0.2) is 5.76 Å². The molecule has 3 nitrogen and oxygen atoms in total. The average Bonchev–Trinajstić information content (AvgIpc) is 2.99. The fourth-order valence-electron chi connectivity index (χ4n) is 1.61. The van der Waals surface area contributed by atoms with Gasteiger partial charge in [-0.15, -0.1) is 0 Å². The van der Waals surface area contributed by atoms with E-state index in [2.05, 4.69) is 4.98 Å². The topological polar surface area (TPSA) is 39.2 Å². The van der Waals surface area contributed by atoms with Crippen molar-refractivity contribution in [2.75, 3.05) is 0 Å². The number of furan rings is 1. The van der Waals surface area contributed by atoms with Crippen molar-refractivity contribution < 1.29 is 8.83 Å². The van der Waals surface area contributed by atoms with Crippen LogP contribution in [0.5, 0.6) is 0 Å². The minimum atomic E-state index is 0.418. The molecule has 0 amide bonds. The molecule has 0 atom stereocenters. The number of aromatic nitrogens is 1. The van der Waals surface area contributed by atoms with Gasteiger partial charge in [-0.1, -0.05) is 23.2 Å². The molecule has 5 heteroatoms. The maximum atomic E-state index is 6.11. The number of benzene rings is 1. The average molecular weight is 280 g/mol. The molecule has 0 saturated heterocycles. The Balaban J connectivity index is 2.03. The number of oxazole rings is 1. The van der Waals surface area contributed by atoms with Crippen molar-refractivity contribution in [2.24, 2.45) is 0 Å². The first-order valence-corrected chi connectivity index (χ1v) is 5.94. The predicted octanol–water partition coefficient (Wildman–Crippen LogP) is 4.91. The third-order valence-corrected chi connectivity index (χ3v) is 2.99. The van der Waals surface area contributed by atoms with Crippen LogP contribution in [0.2, 0.25) is 10.0 Å². The van der Waals surface area contributed by atoms with Crippen LogP contribution in [0.4, 0.5) is 0 Å². The van der Waals surface area contributed by atoms with Crippen molar-refractivity contribution in [3.63, 3.8) is 0 Å². The highest BCUT2D eigenvalue weighted by Crippen LogP contribution is 2.31. The van der Waals surface area contributed by atoms with Gasteiger partial charge in [-0.25, -0.2) is 4.98 Å². The van der Waals surface area contributed by atoms with Crippen LogP contribution in [-0.2, 0) is 0 Å². The van der Waals surface area contributed by atoms with E-state index in [-0.39, 0.29) is 0 Å². The summed E-state index contributed by atoms with van der Waals surface area (Å²) in [6, 6.07) is 8.77. The fraction of sp³-hybridized carbons (Fsp3) is 0. The summed E-state index contributed by atoms with van der Waals surface area (Å²) in [5.74, 6) is 0.993. The summed E-state index contributed by atoms with van der Waals surface area (Å²) in [5.41, 5.74) is 1.41. The van der Waals surface area contributed by atoms with Gasteiger partial charge in [-0.2, -0.15) is 0 Å². The summed E-state index contributed by atoms with van der Waals surface area (Å²) >= 11 is 12.0. The number of halogens is 2. The zero-order valence-electron chi connectivity index (χ0n) is 9.06. The Hall–Kier alpha value is -1.71. The molecule has 0 bridgehead atoms. The molecule has 0 aliphatic carbocycles. The zero-order valence-corrected chi connectivity index (χ0v) is 10.6. The Morgan fingerprint density at radius 3 is 2.67 bits per heavy atom. The summed E-state index contributed by atoms with van der Waals surface area (Å²) in [4.78, 5) is 4.33. The van der Waals surface area contributed by atoms with E-state index >= 15 is 0 Å². The zero-order chi connectivity index (χ0) is 12.5. The van der Waals surface area contributed by atoms with Gasteiger partial charge in [0, 0.05) is 10.6 Å². The van der Waals surface area contributed by atoms with E-state index in [9.17, 15) is 0 Å². The lowest BCUT2D eigenvalue weighted by molar-refractivity contribution is 0.517. The third-order valence-electron chi connectivity index (χ3n) is 2.44. The first kappa shape index (κ1) is 11.4. The van der Waals surface area contributed by atoms with Crippen LogP contribution >= 0.6 is 23.2 Å². The lowest BCUT2D eigenvalue weighted by Crippen LogP contribution is -1.80. The second-order valence-corrected chi connectivity index (χ2v) is 4.48. The Morgan fingerprint density at radius 1 is 1.06 bits per heavy atom. The molecule has 2 aromatic heterocycles. The second-order valence-electron chi connectivity index (χ2n) is 3.64. The molecule has 1 aromatic carbocycles. The smallest absolute Gasteiger partial charge is 0.263 e. The Morgan fingerprint density at radius 2 is 1.94 bits per heavy atom. The molecular formula is C13H7Cl2NO2. The van der Waals surface area contributed by atoms with Gasteiger partial charge in [-0.05, 0) is 30.3 Å². The van der Waals surface area contributed by atoms with Crippen LogP contribution in [-0.4, -0.2) is 4.98 Å². The second kappa shape index (κ2) is 4.52. The maximum Gasteiger partial charge on any atom is 0.263 e. The van der Waals surface area contributed by atoms with Gasteiger partial charge in [0.1, 0.15) is 12.0 Å². The molecule has 3 aromatic rings. The standard InChI is InChI=1S/C13H7Cl2NO2/c14-8-3-4-9(10(15)6-8)11-7-18-13(16-11)12-2-1-5-17-12/h1-7H. The van der Waals surface area contributed by atoms with Crippen molar-refractivity contribution in [2.45, 2.75) is 0 Å². The van der Waals surface area contributed by atoms with Gasteiger partial charge < -0.3 is 8.83 Å². The molecule has 3 rings (SSSR count). The highest BCUT2D eigenvalue weighted by atomic mass is 35.5. The minimum absolute atomic E-state index is 0.418. The molecule has 0 spiro atoms. The normalized spacial score (nSPS) is 10.8. The molecular weight excluding hydrogens is 273 g/mol. The highest BCUT2D eigenvalue weighted by molar-refractivity contribution is 6.36. The largest absolute Gasteiger partial charge is 0.459 e. The Labute approximate surface area is 113 Å². The van der Waals surface area contributed by atoms with E-state index in [0.29, 0.717) is 27.4 Å². The van der Waals surface area contributed by atoms with Crippen molar-refractivity contribution >= 4 is 23.2 Å². The van der Waals surface area contributed by atoms with Crippen molar-refractivity contribution in [1.29, 1.82) is 0 Å². The lowest BCUT2D eigenvalue weighted by Gasteiger charge is -1.99. The van der Waals surface area contributed by atoms with Gasteiger partial charge in [0.2, 0.25) is 0 Å². The highest BCUT2D eigenvalue weighted by Gasteiger charge is 2.12. The monoisotopic (exact) mass is 279 g/mol. The van der Waals surface area contributed by atoms with Crippen molar-refractivity contribution in [3.8, 4) is 22.9 Å². The molecule has 0 fully saturated rings. The Kier molecular flexibility index (Phi) is 2.86. The molecule has 0 saturated carbocycles. The van der Waals surface area contributed by atoms with Crippen LogP contribution in [0.1, 0.15) is 0 Å². The van der Waals surface area contributed by atoms with E-state index in [1.165, 1.54) is 6.26 Å². The summed E-state index contributed by atoms with van der Waals surface area (Å²) in [6.45, 7) is 0. The fourth-order valence-corrected chi connectivity index (χ4v) is 2.11. The summed E-state index contributed by atoms with van der Waals surface area (Å²) in [5, 5.41) is 1.11. The summed E-state index contributed by atoms with van der Waals surface area (Å²) in [6.07, 6.45) is 3.10.